The van der Waals surface area contributed by atoms with Crippen molar-refractivity contribution in [1.29, 1.82) is 0 Å². The van der Waals surface area contributed by atoms with E-state index >= 15 is 0 Å². The lowest BCUT2D eigenvalue weighted by Crippen LogP contribution is -2.13. The van der Waals surface area contributed by atoms with E-state index in [1.165, 1.54) is 6.07 Å². The summed E-state index contributed by atoms with van der Waals surface area (Å²) < 4.78 is 0. The maximum atomic E-state index is 11.7. The van der Waals surface area contributed by atoms with Crippen molar-refractivity contribution >= 4 is 29.3 Å². The van der Waals surface area contributed by atoms with Crippen LogP contribution >= 0.6 is 11.8 Å². The van der Waals surface area contributed by atoms with E-state index < -0.39 is 5.97 Å². The minimum absolute atomic E-state index is 0.0719. The zero-order valence-corrected chi connectivity index (χ0v) is 12.3. The van der Waals surface area contributed by atoms with Crippen LogP contribution in [0.5, 0.6) is 0 Å². The number of rotatable bonds is 6. The van der Waals surface area contributed by atoms with E-state index in [-0.39, 0.29) is 11.5 Å². The molecule has 5 heteroatoms. The van der Waals surface area contributed by atoms with Crippen molar-refractivity contribution in [3.63, 3.8) is 0 Å². The van der Waals surface area contributed by atoms with E-state index in [0.29, 0.717) is 17.7 Å². The maximum absolute atomic E-state index is 11.7. The third-order valence-electron chi connectivity index (χ3n) is 2.83. The number of benzene rings is 1. The molecule has 0 saturated carbocycles. The topological polar surface area (TPSA) is 66.4 Å². The SMILES string of the molecule is CSCCCC(=O)Nc1cc(C(=O)O)c(C)cc1C. The Balaban J connectivity index is 2.80. The van der Waals surface area contributed by atoms with Gasteiger partial charge in [-0.3, -0.25) is 4.79 Å². The Bertz CT molecular complexity index is 486. The molecule has 0 heterocycles. The minimum atomic E-state index is -0.976. The molecule has 0 radical (unpaired) electrons. The van der Waals surface area contributed by atoms with Crippen molar-refractivity contribution in [2.24, 2.45) is 0 Å². The van der Waals surface area contributed by atoms with Gasteiger partial charge in [-0.25, -0.2) is 4.79 Å². The summed E-state index contributed by atoms with van der Waals surface area (Å²) >= 11 is 1.70. The highest BCUT2D eigenvalue weighted by atomic mass is 32.2. The van der Waals surface area contributed by atoms with Crippen LogP contribution in [0.1, 0.15) is 34.3 Å². The number of anilines is 1. The molecule has 4 nitrogen and oxygen atoms in total. The molecular weight excluding hydrogens is 262 g/mol. The molecule has 1 rings (SSSR count). The zero-order chi connectivity index (χ0) is 14.4. The van der Waals surface area contributed by atoms with Crippen molar-refractivity contribution in [3.05, 3.63) is 28.8 Å². The number of hydrogen-bond donors (Lipinski definition) is 2. The molecule has 1 aromatic rings. The van der Waals surface area contributed by atoms with Crippen molar-refractivity contribution in [1.82, 2.24) is 0 Å². The monoisotopic (exact) mass is 281 g/mol. The molecule has 1 amide bonds. The number of hydrogen-bond acceptors (Lipinski definition) is 3. The number of carboxylic acids is 1. The normalized spacial score (nSPS) is 10.3. The molecule has 104 valence electrons. The third-order valence-corrected chi connectivity index (χ3v) is 3.53. The Morgan fingerprint density at radius 2 is 1.95 bits per heavy atom. The molecule has 0 saturated heterocycles. The quantitative estimate of drug-likeness (QED) is 0.786. The van der Waals surface area contributed by atoms with Gasteiger partial charge in [0.15, 0.2) is 0 Å². The average molecular weight is 281 g/mol. The predicted octanol–water partition coefficient (Wildman–Crippen LogP) is 3.08. The number of thioether (sulfide) groups is 1. The third kappa shape index (κ3) is 4.59. The Labute approximate surface area is 117 Å². The summed E-state index contributed by atoms with van der Waals surface area (Å²) in [6.45, 7) is 3.61. The summed E-state index contributed by atoms with van der Waals surface area (Å²) in [5.41, 5.74) is 2.38. The lowest BCUT2D eigenvalue weighted by Gasteiger charge is -2.11. The summed E-state index contributed by atoms with van der Waals surface area (Å²) in [4.78, 5) is 22.8. The summed E-state index contributed by atoms with van der Waals surface area (Å²) in [7, 11) is 0. The van der Waals surface area contributed by atoms with Crippen LogP contribution in [0.4, 0.5) is 5.69 Å². The largest absolute Gasteiger partial charge is 0.478 e. The second-order valence-electron chi connectivity index (χ2n) is 4.43. The number of aromatic carboxylic acids is 1. The van der Waals surface area contributed by atoms with Gasteiger partial charge in [-0.05, 0) is 49.5 Å². The number of aryl methyl sites for hydroxylation is 2. The maximum Gasteiger partial charge on any atom is 0.336 e. The first-order chi connectivity index (χ1) is 8.95. The van der Waals surface area contributed by atoms with Crippen LogP contribution in [-0.2, 0) is 4.79 Å². The Kier molecular flexibility index (Phi) is 5.89. The van der Waals surface area contributed by atoms with Gasteiger partial charge in [0.05, 0.1) is 5.56 Å². The Morgan fingerprint density at radius 1 is 1.26 bits per heavy atom. The van der Waals surface area contributed by atoms with E-state index in [0.717, 1.165) is 17.7 Å². The molecule has 19 heavy (non-hydrogen) atoms. The molecule has 0 fully saturated rings. The van der Waals surface area contributed by atoms with Crippen LogP contribution < -0.4 is 5.32 Å². The fraction of sp³-hybridized carbons (Fsp3) is 0.429. The van der Waals surface area contributed by atoms with Crippen LogP contribution in [0.2, 0.25) is 0 Å². The highest BCUT2D eigenvalue weighted by molar-refractivity contribution is 7.98. The zero-order valence-electron chi connectivity index (χ0n) is 11.4. The van der Waals surface area contributed by atoms with Crippen molar-refractivity contribution in [3.8, 4) is 0 Å². The summed E-state index contributed by atoms with van der Waals surface area (Å²) in [5, 5.41) is 11.9. The van der Waals surface area contributed by atoms with Crippen molar-refractivity contribution < 1.29 is 14.7 Å². The van der Waals surface area contributed by atoms with Crippen LogP contribution in [0.25, 0.3) is 0 Å². The molecule has 0 aliphatic heterocycles. The van der Waals surface area contributed by atoms with Gasteiger partial charge in [0.2, 0.25) is 5.91 Å². The Morgan fingerprint density at radius 3 is 2.53 bits per heavy atom. The number of carbonyl (C=O) groups is 2. The van der Waals surface area contributed by atoms with E-state index in [1.807, 2.05) is 13.2 Å². The molecule has 0 unspecified atom stereocenters. The summed E-state index contributed by atoms with van der Waals surface area (Å²) in [5.74, 6) is -0.103. The van der Waals surface area contributed by atoms with Gasteiger partial charge in [0, 0.05) is 12.1 Å². The number of nitrogens with one attached hydrogen (secondary N) is 1. The fourth-order valence-electron chi connectivity index (χ4n) is 1.81. The predicted molar refractivity (Wildman–Crippen MR) is 79.1 cm³/mol. The second-order valence-corrected chi connectivity index (χ2v) is 5.42. The van der Waals surface area contributed by atoms with E-state index in [4.69, 9.17) is 5.11 Å². The Hall–Kier alpha value is -1.49. The van der Waals surface area contributed by atoms with Crippen molar-refractivity contribution in [2.75, 3.05) is 17.3 Å². The van der Waals surface area contributed by atoms with Crippen LogP contribution in [0.15, 0.2) is 12.1 Å². The summed E-state index contributed by atoms with van der Waals surface area (Å²) in [6.07, 6.45) is 3.28. The number of carboxylic acid groups (broad SMARTS) is 1. The van der Waals surface area contributed by atoms with Crippen LogP contribution in [-0.4, -0.2) is 29.0 Å². The molecule has 1 aromatic carbocycles. The fourth-order valence-corrected chi connectivity index (χ4v) is 2.24. The van der Waals surface area contributed by atoms with Gasteiger partial charge < -0.3 is 10.4 Å². The van der Waals surface area contributed by atoms with Gasteiger partial charge in [-0.1, -0.05) is 6.07 Å². The molecule has 0 aromatic heterocycles. The van der Waals surface area contributed by atoms with Gasteiger partial charge in [0.1, 0.15) is 0 Å². The van der Waals surface area contributed by atoms with E-state index in [1.54, 1.807) is 24.8 Å². The van der Waals surface area contributed by atoms with Gasteiger partial charge >= 0.3 is 5.97 Å². The minimum Gasteiger partial charge on any atom is -0.478 e. The lowest BCUT2D eigenvalue weighted by atomic mass is 10.0. The average Bonchev–Trinajstić information content (AvgIpc) is 2.32. The highest BCUT2D eigenvalue weighted by Crippen LogP contribution is 2.21. The molecule has 0 aliphatic carbocycles. The van der Waals surface area contributed by atoms with Crippen LogP contribution in [0.3, 0.4) is 0 Å². The smallest absolute Gasteiger partial charge is 0.336 e. The lowest BCUT2D eigenvalue weighted by molar-refractivity contribution is -0.116. The molecule has 0 aliphatic rings. The van der Waals surface area contributed by atoms with Gasteiger partial charge in [-0.2, -0.15) is 11.8 Å². The molecule has 0 atom stereocenters. The first-order valence-electron chi connectivity index (χ1n) is 6.09. The van der Waals surface area contributed by atoms with Crippen molar-refractivity contribution in [2.45, 2.75) is 26.7 Å². The highest BCUT2D eigenvalue weighted by Gasteiger charge is 2.12. The number of amides is 1. The molecule has 2 N–H and O–H groups in total. The van der Waals surface area contributed by atoms with E-state index in [9.17, 15) is 9.59 Å². The first-order valence-corrected chi connectivity index (χ1v) is 7.48. The van der Waals surface area contributed by atoms with E-state index in [2.05, 4.69) is 5.32 Å². The molecule has 0 spiro atoms. The van der Waals surface area contributed by atoms with Gasteiger partial charge in [-0.15, -0.1) is 0 Å². The first kappa shape index (κ1) is 15.6. The van der Waals surface area contributed by atoms with Crippen LogP contribution in [0, 0.1) is 13.8 Å². The molecular formula is C14H19NO3S. The standard InChI is InChI=1S/C14H19NO3S/c1-9-7-10(2)12(8-11(9)14(17)18)15-13(16)5-4-6-19-3/h7-8H,4-6H2,1-3H3,(H,15,16)(H,17,18). The van der Waals surface area contributed by atoms with Gasteiger partial charge in [0.25, 0.3) is 0 Å². The summed E-state index contributed by atoms with van der Waals surface area (Å²) in [6, 6.07) is 3.31. The second kappa shape index (κ2) is 7.19. The molecule has 0 bridgehead atoms. The number of carbonyl (C=O) groups excluding carboxylic acids is 1.